The van der Waals surface area contributed by atoms with Crippen LogP contribution in [0.2, 0.25) is 0 Å². The van der Waals surface area contributed by atoms with Crippen LogP contribution in [0.25, 0.3) is 0 Å². The molecule has 0 aromatic heterocycles. The molecule has 19 heavy (non-hydrogen) atoms. The Labute approximate surface area is 120 Å². The number of rotatable bonds is 5. The monoisotopic (exact) mass is 279 g/mol. The maximum atomic E-state index is 5.15. The average molecular weight is 279 g/mol. The van der Waals surface area contributed by atoms with Gasteiger partial charge < -0.3 is 10.1 Å². The fourth-order valence-electron chi connectivity index (χ4n) is 1.54. The van der Waals surface area contributed by atoms with Crippen molar-refractivity contribution in [2.45, 2.75) is 26.8 Å². The van der Waals surface area contributed by atoms with Gasteiger partial charge in [-0.15, -0.1) is 0 Å². The molecular weight excluding hydrogens is 258 g/mol. The van der Waals surface area contributed by atoms with Crippen LogP contribution < -0.4 is 10.7 Å². The fraction of sp³-hybridized carbons (Fsp3) is 0.429. The molecule has 0 radical (unpaired) electrons. The van der Waals surface area contributed by atoms with E-state index in [2.05, 4.69) is 34.9 Å². The van der Waals surface area contributed by atoms with Crippen molar-refractivity contribution in [3.8, 4) is 0 Å². The van der Waals surface area contributed by atoms with Gasteiger partial charge in [-0.1, -0.05) is 29.8 Å². The molecule has 104 valence electrons. The third-order valence-corrected chi connectivity index (χ3v) is 2.80. The summed E-state index contributed by atoms with van der Waals surface area (Å²) < 4.78 is 5.02. The summed E-state index contributed by atoms with van der Waals surface area (Å²) in [6, 6.07) is 8.36. The van der Waals surface area contributed by atoms with Crippen LogP contribution in [0.5, 0.6) is 0 Å². The topological polar surface area (TPSA) is 45.6 Å². The number of hydrogen-bond acceptors (Lipinski definition) is 3. The van der Waals surface area contributed by atoms with Gasteiger partial charge in [0.15, 0.2) is 5.11 Å². The third-order valence-electron chi connectivity index (χ3n) is 2.59. The van der Waals surface area contributed by atoms with Crippen molar-refractivity contribution >= 4 is 23.0 Å². The van der Waals surface area contributed by atoms with Gasteiger partial charge in [0.2, 0.25) is 0 Å². The van der Waals surface area contributed by atoms with Crippen molar-refractivity contribution in [1.29, 1.82) is 0 Å². The van der Waals surface area contributed by atoms with Gasteiger partial charge >= 0.3 is 0 Å². The predicted octanol–water partition coefficient (Wildman–Crippen LogP) is 2.22. The Balaban J connectivity index is 2.51. The van der Waals surface area contributed by atoms with Gasteiger partial charge in [-0.3, -0.25) is 5.43 Å². The van der Waals surface area contributed by atoms with E-state index in [0.717, 1.165) is 11.3 Å². The summed E-state index contributed by atoms with van der Waals surface area (Å²) in [7, 11) is 1.66. The van der Waals surface area contributed by atoms with E-state index in [1.165, 1.54) is 5.56 Å². The number of hydrogen-bond donors (Lipinski definition) is 2. The summed E-state index contributed by atoms with van der Waals surface area (Å²) in [5.74, 6) is 0. The standard InChI is InChI=1S/C14H21N3OS/c1-10-5-7-13(8-6-10)12(3)16-17-14(19)15-11(2)9-18-4/h5-8,11H,9H2,1-4H3,(H2,15,17,19)/b16-12-/t11-/m1/s1. The second-order valence-corrected chi connectivity index (χ2v) is 4.91. The SMILES string of the molecule is COC[C@@H](C)NC(=S)N/N=C(/C)c1ccc(C)cc1. The molecular formula is C14H21N3OS. The largest absolute Gasteiger partial charge is 0.383 e. The van der Waals surface area contributed by atoms with Crippen LogP contribution in [0.15, 0.2) is 29.4 Å². The molecule has 0 heterocycles. The maximum Gasteiger partial charge on any atom is 0.187 e. The Kier molecular flexibility index (Phi) is 6.45. The molecule has 1 aromatic rings. The molecule has 1 atom stereocenters. The number of hydrazone groups is 1. The van der Waals surface area contributed by atoms with Crippen molar-refractivity contribution in [3.05, 3.63) is 35.4 Å². The minimum absolute atomic E-state index is 0.153. The maximum absolute atomic E-state index is 5.15. The first kappa shape index (κ1) is 15.6. The van der Waals surface area contributed by atoms with Crippen molar-refractivity contribution in [3.63, 3.8) is 0 Å². The van der Waals surface area contributed by atoms with Crippen molar-refractivity contribution in [2.75, 3.05) is 13.7 Å². The average Bonchev–Trinajstić information content (AvgIpc) is 2.37. The first-order valence-electron chi connectivity index (χ1n) is 6.19. The number of methoxy groups -OCH3 is 1. The van der Waals surface area contributed by atoms with E-state index in [0.29, 0.717) is 11.7 Å². The van der Waals surface area contributed by atoms with Crippen LogP contribution in [0, 0.1) is 6.92 Å². The van der Waals surface area contributed by atoms with Crippen LogP contribution in [0.4, 0.5) is 0 Å². The number of thiocarbonyl (C=S) groups is 1. The lowest BCUT2D eigenvalue weighted by molar-refractivity contribution is 0.179. The Morgan fingerprint density at radius 2 is 2.00 bits per heavy atom. The summed E-state index contributed by atoms with van der Waals surface area (Å²) in [6.07, 6.45) is 0. The molecule has 1 rings (SSSR count). The Bertz CT molecular complexity index is 443. The first-order valence-corrected chi connectivity index (χ1v) is 6.60. The highest BCUT2D eigenvalue weighted by atomic mass is 32.1. The summed E-state index contributed by atoms with van der Waals surface area (Å²) in [5.41, 5.74) is 6.04. The Hall–Kier alpha value is -1.46. The van der Waals surface area contributed by atoms with Crippen molar-refractivity contribution in [1.82, 2.24) is 10.7 Å². The summed E-state index contributed by atoms with van der Waals surface area (Å²) in [6.45, 7) is 6.60. The number of nitrogens with zero attached hydrogens (tertiary/aromatic N) is 1. The lowest BCUT2D eigenvalue weighted by Gasteiger charge is -2.14. The highest BCUT2D eigenvalue weighted by Gasteiger charge is 2.03. The van der Waals surface area contributed by atoms with E-state index in [1.54, 1.807) is 7.11 Å². The molecule has 0 saturated heterocycles. The molecule has 0 spiro atoms. The lowest BCUT2D eigenvalue weighted by atomic mass is 10.1. The molecule has 0 amide bonds. The summed E-state index contributed by atoms with van der Waals surface area (Å²) in [4.78, 5) is 0. The number of nitrogens with one attached hydrogen (secondary N) is 2. The van der Waals surface area contributed by atoms with Crippen LogP contribution in [0.1, 0.15) is 25.0 Å². The highest BCUT2D eigenvalue weighted by molar-refractivity contribution is 7.80. The molecule has 0 fully saturated rings. The molecule has 0 aliphatic rings. The smallest absolute Gasteiger partial charge is 0.187 e. The molecule has 0 saturated carbocycles. The van der Waals surface area contributed by atoms with Gasteiger partial charge in [-0.25, -0.2) is 0 Å². The molecule has 0 aliphatic carbocycles. The number of aryl methyl sites for hydroxylation is 1. The van der Waals surface area contributed by atoms with Gasteiger partial charge in [-0.05, 0) is 38.6 Å². The van der Waals surface area contributed by atoms with E-state index in [4.69, 9.17) is 17.0 Å². The van der Waals surface area contributed by atoms with Crippen LogP contribution in [-0.2, 0) is 4.74 Å². The zero-order valence-electron chi connectivity index (χ0n) is 11.9. The Morgan fingerprint density at radius 1 is 1.37 bits per heavy atom. The van der Waals surface area contributed by atoms with Crippen molar-refractivity contribution in [2.24, 2.45) is 5.10 Å². The first-order chi connectivity index (χ1) is 9.02. The zero-order valence-corrected chi connectivity index (χ0v) is 12.7. The molecule has 5 heteroatoms. The molecule has 2 N–H and O–H groups in total. The molecule has 0 bridgehead atoms. The minimum Gasteiger partial charge on any atom is -0.383 e. The van der Waals surface area contributed by atoms with E-state index < -0.39 is 0 Å². The molecule has 0 aliphatic heterocycles. The minimum atomic E-state index is 0.153. The summed E-state index contributed by atoms with van der Waals surface area (Å²) in [5, 5.41) is 7.84. The zero-order chi connectivity index (χ0) is 14.3. The van der Waals surface area contributed by atoms with Gasteiger partial charge in [0.1, 0.15) is 0 Å². The second kappa shape index (κ2) is 7.86. The van der Waals surface area contributed by atoms with Gasteiger partial charge in [-0.2, -0.15) is 5.10 Å². The summed E-state index contributed by atoms with van der Waals surface area (Å²) >= 11 is 5.15. The van der Waals surface area contributed by atoms with E-state index in [9.17, 15) is 0 Å². The van der Waals surface area contributed by atoms with Crippen molar-refractivity contribution < 1.29 is 4.74 Å². The molecule has 0 unspecified atom stereocenters. The highest BCUT2D eigenvalue weighted by Crippen LogP contribution is 2.04. The van der Waals surface area contributed by atoms with E-state index in [-0.39, 0.29) is 6.04 Å². The predicted molar refractivity (Wildman–Crippen MR) is 83.6 cm³/mol. The molecule has 4 nitrogen and oxygen atoms in total. The normalized spacial score (nSPS) is 12.9. The third kappa shape index (κ3) is 5.81. The second-order valence-electron chi connectivity index (χ2n) is 4.50. The van der Waals surface area contributed by atoms with Crippen LogP contribution >= 0.6 is 12.2 Å². The van der Waals surface area contributed by atoms with Gasteiger partial charge in [0.25, 0.3) is 0 Å². The van der Waals surface area contributed by atoms with Gasteiger partial charge in [0, 0.05) is 13.2 Å². The van der Waals surface area contributed by atoms with E-state index in [1.807, 2.05) is 26.0 Å². The number of ether oxygens (including phenoxy) is 1. The fourth-order valence-corrected chi connectivity index (χ4v) is 1.79. The van der Waals surface area contributed by atoms with Crippen LogP contribution in [-0.4, -0.2) is 30.6 Å². The quantitative estimate of drug-likeness (QED) is 0.493. The molecule has 1 aromatic carbocycles. The lowest BCUT2D eigenvalue weighted by Crippen LogP contribution is -2.40. The number of benzene rings is 1. The Morgan fingerprint density at radius 3 is 2.58 bits per heavy atom. The van der Waals surface area contributed by atoms with Gasteiger partial charge in [0.05, 0.1) is 12.3 Å². The van der Waals surface area contributed by atoms with Crippen LogP contribution in [0.3, 0.4) is 0 Å². The van der Waals surface area contributed by atoms with E-state index >= 15 is 0 Å².